The number of hydrogen-bond acceptors (Lipinski definition) is 4. The number of hydrogen-bond donors (Lipinski definition) is 3. The Morgan fingerprint density at radius 2 is 1.00 bits per heavy atom. The smallest absolute Gasteiger partial charge is 0.395 e. The van der Waals surface area contributed by atoms with Gasteiger partial charge in [-0.2, -0.15) is 0 Å². The average Bonchev–Trinajstić information content (AvgIpc) is 1.90. The first-order chi connectivity index (χ1) is 4.85. The van der Waals surface area contributed by atoms with E-state index < -0.39 is 0 Å². The molecule has 0 amide bonds. The maximum atomic E-state index is 8.48. The first-order valence-corrected chi connectivity index (χ1v) is 3.40. The van der Waals surface area contributed by atoms with Gasteiger partial charge in [0.1, 0.15) is 0 Å². The van der Waals surface area contributed by atoms with Crippen LogP contribution < -0.4 is 0 Å². The molecule has 0 aliphatic heterocycles. The first kappa shape index (κ1) is 19.1. The Morgan fingerprint density at radius 3 is 1.17 bits per heavy atom. The molecule has 0 aromatic heterocycles. The van der Waals surface area contributed by atoms with Gasteiger partial charge in [-0.15, -0.1) is 0 Å². The number of rotatable bonds is 6. The van der Waals surface area contributed by atoms with E-state index in [1.54, 1.807) is 4.90 Å². The third-order valence-electron chi connectivity index (χ3n) is 1.25. The fourth-order valence-corrected chi connectivity index (χ4v) is 0.760. The zero-order chi connectivity index (χ0) is 7.82. The molecule has 6 heteroatoms. The second-order valence-corrected chi connectivity index (χ2v) is 2.01. The van der Waals surface area contributed by atoms with Crippen molar-refractivity contribution in [3.63, 3.8) is 0 Å². The van der Waals surface area contributed by atoms with E-state index in [-0.39, 0.29) is 67.7 Å². The Bertz CT molecular complexity index is 65.5. The van der Waals surface area contributed by atoms with E-state index in [4.69, 9.17) is 15.3 Å². The zero-order valence-corrected chi connectivity index (χ0v) is 11.1. The van der Waals surface area contributed by atoms with Crippen molar-refractivity contribution in [1.29, 1.82) is 0 Å². The Balaban J connectivity index is -0.000000405. The molecule has 4 nitrogen and oxygen atoms in total. The van der Waals surface area contributed by atoms with Crippen LogP contribution in [0.3, 0.4) is 0 Å². The van der Waals surface area contributed by atoms with Gasteiger partial charge in [-0.3, -0.25) is 4.90 Å². The molecule has 62 valence electrons. The fourth-order valence-electron chi connectivity index (χ4n) is 0.760. The average molecular weight is 288 g/mol. The van der Waals surface area contributed by atoms with Gasteiger partial charge in [0.2, 0.25) is 0 Å². The summed E-state index contributed by atoms with van der Waals surface area (Å²) in [7, 11) is 0. The van der Waals surface area contributed by atoms with Gasteiger partial charge in [-0.05, 0) is 0 Å². The standard InChI is InChI=1S/C6H15NO3.Ti.Zr/c8-4-1-7(2-5-9)3-6-10;;/h8-10H,1-6H2;;/q;2*+4. The van der Waals surface area contributed by atoms with E-state index in [2.05, 4.69) is 0 Å². The maximum Gasteiger partial charge on any atom is 4.00 e. The van der Waals surface area contributed by atoms with Crippen LogP contribution >= 0.6 is 0 Å². The monoisotopic (exact) mass is 287 g/mol. The Kier molecular flexibility index (Phi) is 23.7. The van der Waals surface area contributed by atoms with E-state index in [1.165, 1.54) is 0 Å². The molecule has 0 aromatic carbocycles. The molecule has 0 aliphatic rings. The van der Waals surface area contributed by atoms with Crippen molar-refractivity contribution in [3.05, 3.63) is 0 Å². The zero-order valence-electron chi connectivity index (χ0n) is 7.03. The predicted molar refractivity (Wildman–Crippen MR) is 37.7 cm³/mol. The van der Waals surface area contributed by atoms with E-state index in [0.717, 1.165) is 0 Å². The van der Waals surface area contributed by atoms with Gasteiger partial charge in [-0.1, -0.05) is 0 Å². The second kappa shape index (κ2) is 14.9. The van der Waals surface area contributed by atoms with Crippen LogP contribution in [0.5, 0.6) is 0 Å². The van der Waals surface area contributed by atoms with Gasteiger partial charge in [0.15, 0.2) is 0 Å². The molecule has 0 saturated carbocycles. The maximum absolute atomic E-state index is 8.48. The molecule has 0 aromatic rings. The quantitative estimate of drug-likeness (QED) is 0.508. The molecule has 0 aliphatic carbocycles. The summed E-state index contributed by atoms with van der Waals surface area (Å²) >= 11 is 0. The third kappa shape index (κ3) is 11.4. The van der Waals surface area contributed by atoms with Gasteiger partial charge < -0.3 is 15.3 Å². The van der Waals surface area contributed by atoms with Crippen molar-refractivity contribution in [3.8, 4) is 0 Å². The van der Waals surface area contributed by atoms with Crippen LogP contribution in [-0.4, -0.2) is 59.7 Å². The Labute approximate surface area is 107 Å². The van der Waals surface area contributed by atoms with Crippen LogP contribution in [0.2, 0.25) is 0 Å². The molecule has 0 saturated heterocycles. The molecule has 0 radical (unpaired) electrons. The van der Waals surface area contributed by atoms with Crippen LogP contribution in [0.4, 0.5) is 0 Å². The van der Waals surface area contributed by atoms with Gasteiger partial charge in [0, 0.05) is 19.6 Å². The van der Waals surface area contributed by atoms with Crippen LogP contribution in [-0.2, 0) is 47.9 Å². The van der Waals surface area contributed by atoms with Crippen LogP contribution in [0.25, 0.3) is 0 Å². The summed E-state index contributed by atoms with van der Waals surface area (Å²) in [5, 5.41) is 25.5. The number of nitrogens with zero attached hydrogens (tertiary/aromatic N) is 1. The van der Waals surface area contributed by atoms with Crippen molar-refractivity contribution in [2.45, 2.75) is 0 Å². The largest absolute Gasteiger partial charge is 4.00 e. The predicted octanol–water partition coefficient (Wildman–Crippen LogP) is -1.74. The van der Waals surface area contributed by atoms with Crippen molar-refractivity contribution in [1.82, 2.24) is 4.90 Å². The van der Waals surface area contributed by atoms with E-state index in [0.29, 0.717) is 19.6 Å². The minimum absolute atomic E-state index is 0. The summed E-state index contributed by atoms with van der Waals surface area (Å²) in [5.41, 5.74) is 0. The number of aliphatic hydroxyl groups excluding tert-OH is 3. The normalized spacial score (nSPS) is 9.00. The van der Waals surface area contributed by atoms with Crippen LogP contribution in [0.15, 0.2) is 0 Å². The minimum atomic E-state index is 0. The summed E-state index contributed by atoms with van der Waals surface area (Å²) < 4.78 is 0. The Morgan fingerprint density at radius 1 is 0.750 bits per heavy atom. The molecule has 3 N–H and O–H groups in total. The van der Waals surface area contributed by atoms with Crippen molar-refractivity contribution >= 4 is 0 Å². The molecule has 0 heterocycles. The topological polar surface area (TPSA) is 63.9 Å². The van der Waals surface area contributed by atoms with Crippen molar-refractivity contribution in [2.75, 3.05) is 39.5 Å². The summed E-state index contributed by atoms with van der Waals surface area (Å²) in [5.74, 6) is 0. The van der Waals surface area contributed by atoms with E-state index in [1.807, 2.05) is 0 Å². The minimum Gasteiger partial charge on any atom is -0.395 e. The first-order valence-electron chi connectivity index (χ1n) is 3.40. The van der Waals surface area contributed by atoms with Crippen molar-refractivity contribution < 1.29 is 63.2 Å². The molecule has 0 bridgehead atoms. The second-order valence-electron chi connectivity index (χ2n) is 2.01. The molecule has 0 rings (SSSR count). The molecular formula is C6H15NO3TiZr+8. The molecule has 0 atom stereocenters. The van der Waals surface area contributed by atoms with E-state index >= 15 is 0 Å². The summed E-state index contributed by atoms with van der Waals surface area (Å²) in [6.45, 7) is 1.75. The summed E-state index contributed by atoms with van der Waals surface area (Å²) in [6, 6.07) is 0. The number of aliphatic hydroxyl groups is 3. The van der Waals surface area contributed by atoms with Crippen LogP contribution in [0.1, 0.15) is 0 Å². The summed E-state index contributed by atoms with van der Waals surface area (Å²) in [6.07, 6.45) is 0. The summed E-state index contributed by atoms with van der Waals surface area (Å²) in [4.78, 5) is 1.79. The molecule has 0 unspecified atom stereocenters. The van der Waals surface area contributed by atoms with Gasteiger partial charge in [0.05, 0.1) is 19.8 Å². The van der Waals surface area contributed by atoms with Crippen LogP contribution in [0, 0.1) is 0 Å². The van der Waals surface area contributed by atoms with E-state index in [9.17, 15) is 0 Å². The Hall–Kier alpha value is 1.44. The SMILES string of the molecule is OCCN(CCO)CCO.[Ti+4].[Zr+4]. The molecule has 12 heavy (non-hydrogen) atoms. The molecular weight excluding hydrogens is 273 g/mol. The molecule has 0 spiro atoms. The van der Waals surface area contributed by atoms with Gasteiger partial charge in [-0.25, -0.2) is 0 Å². The van der Waals surface area contributed by atoms with Gasteiger partial charge in [0.25, 0.3) is 0 Å². The fraction of sp³-hybridized carbons (Fsp3) is 1.00. The van der Waals surface area contributed by atoms with Crippen molar-refractivity contribution in [2.24, 2.45) is 0 Å². The van der Waals surface area contributed by atoms with Gasteiger partial charge >= 0.3 is 47.9 Å². The third-order valence-corrected chi connectivity index (χ3v) is 1.25. The molecule has 0 fully saturated rings.